The maximum Gasteiger partial charge on any atom is 0.255 e. The van der Waals surface area contributed by atoms with Crippen LogP contribution in [0.1, 0.15) is 23.7 Å². The molecule has 0 aliphatic rings. The maximum atomic E-state index is 12.3. The van der Waals surface area contributed by atoms with Gasteiger partial charge in [-0.15, -0.1) is 0 Å². The minimum atomic E-state index is -0.0829. The number of hydrogen-bond acceptors (Lipinski definition) is 3. The molecule has 0 unspecified atom stereocenters. The number of benzene rings is 1. The van der Waals surface area contributed by atoms with E-state index in [0.29, 0.717) is 18.5 Å². The molecule has 0 aliphatic heterocycles. The lowest BCUT2D eigenvalue weighted by Gasteiger charge is -2.19. The highest BCUT2D eigenvalue weighted by atomic mass is 16.2. The zero-order valence-electron chi connectivity index (χ0n) is 11.7. The van der Waals surface area contributed by atoms with E-state index in [1.54, 1.807) is 25.1 Å². The fourth-order valence-corrected chi connectivity index (χ4v) is 1.72. The molecule has 104 valence electrons. The molecular formula is C14H21N3O2. The number of anilines is 1. The van der Waals surface area contributed by atoms with Crippen LogP contribution in [0.25, 0.3) is 0 Å². The van der Waals surface area contributed by atoms with Crippen LogP contribution in [0.15, 0.2) is 24.3 Å². The highest BCUT2D eigenvalue weighted by molar-refractivity contribution is 5.99. The molecule has 19 heavy (non-hydrogen) atoms. The van der Waals surface area contributed by atoms with Gasteiger partial charge in [0.05, 0.1) is 5.56 Å². The third kappa shape index (κ3) is 4.28. The summed E-state index contributed by atoms with van der Waals surface area (Å²) in [4.78, 5) is 25.0. The van der Waals surface area contributed by atoms with Crippen molar-refractivity contribution >= 4 is 17.5 Å². The lowest BCUT2D eigenvalue weighted by molar-refractivity contribution is -0.120. The van der Waals surface area contributed by atoms with E-state index in [1.165, 1.54) is 0 Å². The summed E-state index contributed by atoms with van der Waals surface area (Å²) in [6, 6.07) is 7.39. The van der Waals surface area contributed by atoms with Crippen LogP contribution in [-0.4, -0.2) is 43.9 Å². The SMILES string of the molecule is CCNc1ccccc1C(=O)N(C)CCC(=O)NC. The summed E-state index contributed by atoms with van der Waals surface area (Å²) in [5, 5.41) is 5.70. The summed E-state index contributed by atoms with van der Waals surface area (Å²) in [5.41, 5.74) is 1.45. The highest BCUT2D eigenvalue weighted by Gasteiger charge is 2.15. The fraction of sp³-hybridized carbons (Fsp3) is 0.429. The average molecular weight is 263 g/mol. The predicted octanol–water partition coefficient (Wildman–Crippen LogP) is 1.33. The summed E-state index contributed by atoms with van der Waals surface area (Å²) >= 11 is 0. The van der Waals surface area contributed by atoms with Crippen LogP contribution in [0.5, 0.6) is 0 Å². The third-order valence-electron chi connectivity index (χ3n) is 2.82. The Morgan fingerprint density at radius 2 is 1.95 bits per heavy atom. The van der Waals surface area contributed by atoms with Crippen molar-refractivity contribution in [3.05, 3.63) is 29.8 Å². The van der Waals surface area contributed by atoms with Gasteiger partial charge in [-0.2, -0.15) is 0 Å². The third-order valence-corrected chi connectivity index (χ3v) is 2.82. The lowest BCUT2D eigenvalue weighted by Crippen LogP contribution is -2.31. The van der Waals surface area contributed by atoms with Crippen molar-refractivity contribution in [3.8, 4) is 0 Å². The number of carbonyl (C=O) groups excluding carboxylic acids is 2. The standard InChI is InChI=1S/C14H21N3O2/c1-4-16-12-8-6-5-7-11(12)14(19)17(3)10-9-13(18)15-2/h5-8,16H,4,9-10H2,1-3H3,(H,15,18). The Labute approximate surface area is 114 Å². The number of hydrogen-bond donors (Lipinski definition) is 2. The summed E-state index contributed by atoms with van der Waals surface area (Å²) in [7, 11) is 3.29. The molecule has 1 aromatic rings. The number of nitrogens with zero attached hydrogens (tertiary/aromatic N) is 1. The van der Waals surface area contributed by atoms with Gasteiger partial charge in [0.25, 0.3) is 5.91 Å². The topological polar surface area (TPSA) is 61.4 Å². The Kier molecular flexibility index (Phi) is 5.85. The van der Waals surface area contributed by atoms with E-state index in [9.17, 15) is 9.59 Å². The van der Waals surface area contributed by atoms with Gasteiger partial charge in [0, 0.05) is 39.3 Å². The number of rotatable bonds is 6. The quantitative estimate of drug-likeness (QED) is 0.814. The lowest BCUT2D eigenvalue weighted by atomic mass is 10.1. The Morgan fingerprint density at radius 1 is 1.26 bits per heavy atom. The Morgan fingerprint density at radius 3 is 2.58 bits per heavy atom. The molecule has 0 atom stereocenters. The van der Waals surface area contributed by atoms with Crippen molar-refractivity contribution in [2.75, 3.05) is 32.5 Å². The first kappa shape index (κ1) is 15.0. The number of carbonyl (C=O) groups is 2. The first-order valence-electron chi connectivity index (χ1n) is 6.39. The van der Waals surface area contributed by atoms with E-state index in [4.69, 9.17) is 0 Å². The molecule has 0 fully saturated rings. The van der Waals surface area contributed by atoms with Crippen LogP contribution >= 0.6 is 0 Å². The molecule has 0 radical (unpaired) electrons. The molecule has 0 aromatic heterocycles. The van der Waals surface area contributed by atoms with E-state index in [1.807, 2.05) is 25.1 Å². The molecule has 0 saturated heterocycles. The largest absolute Gasteiger partial charge is 0.385 e. The van der Waals surface area contributed by atoms with Gasteiger partial charge in [-0.3, -0.25) is 9.59 Å². The molecule has 5 heteroatoms. The first-order valence-corrected chi connectivity index (χ1v) is 6.39. The molecule has 0 heterocycles. The van der Waals surface area contributed by atoms with E-state index >= 15 is 0 Å². The number of nitrogens with one attached hydrogen (secondary N) is 2. The molecule has 0 bridgehead atoms. The molecule has 1 rings (SSSR count). The second-order valence-corrected chi connectivity index (χ2v) is 4.23. The smallest absolute Gasteiger partial charge is 0.255 e. The van der Waals surface area contributed by atoms with E-state index in [-0.39, 0.29) is 11.8 Å². The minimum absolute atomic E-state index is 0.0698. The Bertz CT molecular complexity index is 446. The van der Waals surface area contributed by atoms with Crippen molar-refractivity contribution < 1.29 is 9.59 Å². The second kappa shape index (κ2) is 7.41. The van der Waals surface area contributed by atoms with Crippen LogP contribution in [0.4, 0.5) is 5.69 Å². The van der Waals surface area contributed by atoms with Gasteiger partial charge in [0.2, 0.25) is 5.91 Å². The molecular weight excluding hydrogens is 242 g/mol. The summed E-state index contributed by atoms with van der Waals surface area (Å²) < 4.78 is 0. The molecule has 2 N–H and O–H groups in total. The van der Waals surface area contributed by atoms with E-state index in [2.05, 4.69) is 10.6 Å². The fourth-order valence-electron chi connectivity index (χ4n) is 1.72. The van der Waals surface area contributed by atoms with Crippen molar-refractivity contribution in [1.82, 2.24) is 10.2 Å². The van der Waals surface area contributed by atoms with Gasteiger partial charge in [-0.25, -0.2) is 0 Å². The van der Waals surface area contributed by atoms with Crippen LogP contribution in [0.3, 0.4) is 0 Å². The highest BCUT2D eigenvalue weighted by Crippen LogP contribution is 2.16. The number of para-hydroxylation sites is 1. The molecule has 0 aliphatic carbocycles. The summed E-state index contributed by atoms with van der Waals surface area (Å²) in [5.74, 6) is -0.153. The zero-order valence-corrected chi connectivity index (χ0v) is 11.7. The number of amides is 2. The maximum absolute atomic E-state index is 12.3. The Balaban J connectivity index is 2.73. The normalized spacial score (nSPS) is 9.84. The average Bonchev–Trinajstić information content (AvgIpc) is 2.44. The van der Waals surface area contributed by atoms with Crippen molar-refractivity contribution in [3.63, 3.8) is 0 Å². The molecule has 5 nitrogen and oxygen atoms in total. The van der Waals surface area contributed by atoms with Crippen molar-refractivity contribution in [2.24, 2.45) is 0 Å². The molecule has 0 spiro atoms. The molecule has 0 saturated carbocycles. The van der Waals surface area contributed by atoms with E-state index < -0.39 is 0 Å². The van der Waals surface area contributed by atoms with Gasteiger partial charge < -0.3 is 15.5 Å². The predicted molar refractivity (Wildman–Crippen MR) is 76.2 cm³/mol. The van der Waals surface area contributed by atoms with Gasteiger partial charge in [0.15, 0.2) is 0 Å². The van der Waals surface area contributed by atoms with Crippen LogP contribution in [0.2, 0.25) is 0 Å². The van der Waals surface area contributed by atoms with Gasteiger partial charge in [-0.1, -0.05) is 12.1 Å². The van der Waals surface area contributed by atoms with Crippen LogP contribution < -0.4 is 10.6 Å². The Hall–Kier alpha value is -2.04. The van der Waals surface area contributed by atoms with Crippen LogP contribution in [0, 0.1) is 0 Å². The second-order valence-electron chi connectivity index (χ2n) is 4.23. The van der Waals surface area contributed by atoms with Gasteiger partial charge in [0.1, 0.15) is 0 Å². The van der Waals surface area contributed by atoms with Crippen molar-refractivity contribution in [2.45, 2.75) is 13.3 Å². The molecule has 1 aromatic carbocycles. The first-order chi connectivity index (χ1) is 9.10. The van der Waals surface area contributed by atoms with Crippen LogP contribution in [-0.2, 0) is 4.79 Å². The molecule has 2 amide bonds. The summed E-state index contributed by atoms with van der Waals surface area (Å²) in [6.45, 7) is 3.14. The monoisotopic (exact) mass is 263 g/mol. The van der Waals surface area contributed by atoms with Gasteiger partial charge in [-0.05, 0) is 19.1 Å². The van der Waals surface area contributed by atoms with E-state index in [0.717, 1.165) is 12.2 Å². The zero-order chi connectivity index (χ0) is 14.3. The minimum Gasteiger partial charge on any atom is -0.385 e. The van der Waals surface area contributed by atoms with Crippen molar-refractivity contribution in [1.29, 1.82) is 0 Å². The summed E-state index contributed by atoms with van der Waals surface area (Å²) in [6.07, 6.45) is 0.308. The van der Waals surface area contributed by atoms with Gasteiger partial charge >= 0.3 is 0 Å².